The molecule has 0 saturated heterocycles. The maximum absolute atomic E-state index is 11.2. The Bertz CT molecular complexity index is 449. The number of halogens is 1. The molecule has 90 valence electrons. The number of rotatable bonds is 4. The highest BCUT2D eigenvalue weighted by Gasteiger charge is 2.21. The van der Waals surface area contributed by atoms with E-state index in [0.717, 1.165) is 5.56 Å². The second-order valence-corrected chi connectivity index (χ2v) is 4.94. The first-order chi connectivity index (χ1) is 7.95. The lowest BCUT2D eigenvalue weighted by Gasteiger charge is -2.25. The summed E-state index contributed by atoms with van der Waals surface area (Å²) in [5, 5.41) is 11.8. The van der Waals surface area contributed by atoms with Gasteiger partial charge in [-0.25, -0.2) is 0 Å². The van der Waals surface area contributed by atoms with Gasteiger partial charge < -0.3 is 5.32 Å². The third kappa shape index (κ3) is 4.08. The Hall–Kier alpha value is -1.53. The van der Waals surface area contributed by atoms with Gasteiger partial charge in [0.05, 0.1) is 6.07 Å². The summed E-state index contributed by atoms with van der Waals surface area (Å²) >= 11 is 5.93. The number of hydrogen-bond donors (Lipinski definition) is 1. The summed E-state index contributed by atoms with van der Waals surface area (Å²) in [6.07, 6.45) is -0.106. The van der Waals surface area contributed by atoms with Crippen LogP contribution in [-0.2, 0) is 10.2 Å². The van der Waals surface area contributed by atoms with E-state index < -0.39 is 0 Å². The highest BCUT2D eigenvalue weighted by atomic mass is 35.5. The number of benzene rings is 1. The minimum absolute atomic E-state index is 0.106. The van der Waals surface area contributed by atoms with Crippen LogP contribution in [0, 0.1) is 11.3 Å². The Kier molecular flexibility index (Phi) is 4.53. The average Bonchev–Trinajstić information content (AvgIpc) is 2.27. The largest absolute Gasteiger partial charge is 0.354 e. The summed E-state index contributed by atoms with van der Waals surface area (Å²) in [7, 11) is 0. The Morgan fingerprint density at radius 1 is 1.53 bits per heavy atom. The van der Waals surface area contributed by atoms with Crippen LogP contribution in [0.1, 0.15) is 25.8 Å². The van der Waals surface area contributed by atoms with E-state index in [-0.39, 0.29) is 17.7 Å². The third-order valence-corrected chi connectivity index (χ3v) is 2.81. The van der Waals surface area contributed by atoms with Crippen molar-refractivity contribution in [1.82, 2.24) is 5.32 Å². The van der Waals surface area contributed by atoms with Crippen LogP contribution in [0.2, 0.25) is 5.02 Å². The molecule has 0 saturated carbocycles. The fourth-order valence-corrected chi connectivity index (χ4v) is 1.66. The van der Waals surface area contributed by atoms with Crippen molar-refractivity contribution in [3.05, 3.63) is 34.9 Å². The molecule has 0 aliphatic heterocycles. The maximum Gasteiger partial charge on any atom is 0.234 e. The fourth-order valence-electron chi connectivity index (χ4n) is 1.47. The normalized spacial score (nSPS) is 10.7. The van der Waals surface area contributed by atoms with Crippen LogP contribution in [0.5, 0.6) is 0 Å². The predicted octanol–water partition coefficient (Wildman–Crippen LogP) is 2.65. The van der Waals surface area contributed by atoms with Gasteiger partial charge >= 0.3 is 0 Å². The van der Waals surface area contributed by atoms with Gasteiger partial charge in [-0.3, -0.25) is 4.79 Å². The maximum atomic E-state index is 11.2. The van der Waals surface area contributed by atoms with Gasteiger partial charge in [0.2, 0.25) is 5.91 Å². The van der Waals surface area contributed by atoms with E-state index in [1.807, 2.05) is 44.2 Å². The predicted molar refractivity (Wildman–Crippen MR) is 67.7 cm³/mol. The van der Waals surface area contributed by atoms with Crippen molar-refractivity contribution in [1.29, 1.82) is 5.26 Å². The molecule has 3 nitrogen and oxygen atoms in total. The molecule has 0 heterocycles. The molecule has 0 bridgehead atoms. The number of nitrogens with one attached hydrogen (secondary N) is 1. The highest BCUT2D eigenvalue weighted by molar-refractivity contribution is 6.30. The molecule has 1 amide bonds. The number of amides is 1. The van der Waals surface area contributed by atoms with E-state index in [2.05, 4.69) is 5.32 Å². The summed E-state index contributed by atoms with van der Waals surface area (Å²) in [5.41, 5.74) is 0.845. The Labute approximate surface area is 106 Å². The molecular formula is C13H15ClN2O. The zero-order valence-corrected chi connectivity index (χ0v) is 10.7. The molecule has 1 aromatic carbocycles. The van der Waals surface area contributed by atoms with Gasteiger partial charge in [0.15, 0.2) is 0 Å². The molecule has 1 aromatic rings. The van der Waals surface area contributed by atoms with Crippen LogP contribution in [0.15, 0.2) is 24.3 Å². The first kappa shape index (κ1) is 13.5. The molecule has 0 unspecified atom stereocenters. The van der Waals surface area contributed by atoms with Crippen LogP contribution in [0.25, 0.3) is 0 Å². The number of carbonyl (C=O) groups is 1. The third-order valence-electron chi connectivity index (χ3n) is 2.57. The van der Waals surface area contributed by atoms with Crippen molar-refractivity contribution >= 4 is 17.5 Å². The lowest BCUT2D eigenvalue weighted by molar-refractivity contribution is -0.120. The molecule has 0 fully saturated rings. The smallest absolute Gasteiger partial charge is 0.234 e. The molecule has 0 aromatic heterocycles. The number of nitrogens with zero attached hydrogens (tertiary/aromatic N) is 1. The molecule has 0 spiro atoms. The van der Waals surface area contributed by atoms with E-state index in [9.17, 15) is 4.79 Å². The summed E-state index contributed by atoms with van der Waals surface area (Å²) in [5.74, 6) is -0.248. The zero-order valence-electron chi connectivity index (χ0n) is 9.96. The standard InChI is InChI=1S/C13H15ClN2O/c1-13(2,9-16-12(17)6-7-15)10-4-3-5-11(14)8-10/h3-5,8H,6,9H2,1-2H3,(H,16,17). The topological polar surface area (TPSA) is 52.9 Å². The summed E-state index contributed by atoms with van der Waals surface area (Å²) in [6.45, 7) is 4.52. The minimum Gasteiger partial charge on any atom is -0.354 e. The van der Waals surface area contributed by atoms with Crippen LogP contribution < -0.4 is 5.32 Å². The van der Waals surface area contributed by atoms with Gasteiger partial charge in [-0.1, -0.05) is 37.6 Å². The summed E-state index contributed by atoms with van der Waals surface area (Å²) in [6, 6.07) is 9.38. The van der Waals surface area contributed by atoms with Crippen molar-refractivity contribution in [2.24, 2.45) is 0 Å². The lowest BCUT2D eigenvalue weighted by atomic mass is 9.84. The Morgan fingerprint density at radius 3 is 2.82 bits per heavy atom. The number of carbonyl (C=O) groups excluding carboxylic acids is 1. The van der Waals surface area contributed by atoms with Gasteiger partial charge in [-0.2, -0.15) is 5.26 Å². The lowest BCUT2D eigenvalue weighted by Crippen LogP contribution is -2.36. The quantitative estimate of drug-likeness (QED) is 0.893. The van der Waals surface area contributed by atoms with Crippen molar-refractivity contribution in [2.75, 3.05) is 6.54 Å². The first-order valence-corrected chi connectivity index (χ1v) is 5.73. The zero-order chi connectivity index (χ0) is 12.9. The van der Waals surface area contributed by atoms with Gasteiger partial charge in [0, 0.05) is 17.0 Å². The molecule has 1 rings (SSSR count). The van der Waals surface area contributed by atoms with Crippen molar-refractivity contribution in [3.8, 4) is 6.07 Å². The monoisotopic (exact) mass is 250 g/mol. The van der Waals surface area contributed by atoms with Gasteiger partial charge in [-0.15, -0.1) is 0 Å². The SMILES string of the molecule is CC(C)(CNC(=O)CC#N)c1cccc(Cl)c1. The molecule has 4 heteroatoms. The highest BCUT2D eigenvalue weighted by Crippen LogP contribution is 2.24. The molecule has 0 aliphatic rings. The summed E-state index contributed by atoms with van der Waals surface area (Å²) < 4.78 is 0. The van der Waals surface area contributed by atoms with Crippen LogP contribution in [-0.4, -0.2) is 12.5 Å². The Morgan fingerprint density at radius 2 is 2.24 bits per heavy atom. The molecule has 17 heavy (non-hydrogen) atoms. The second kappa shape index (κ2) is 5.70. The van der Waals surface area contributed by atoms with Crippen LogP contribution >= 0.6 is 11.6 Å². The molecule has 0 radical (unpaired) electrons. The van der Waals surface area contributed by atoms with E-state index in [1.54, 1.807) is 0 Å². The average molecular weight is 251 g/mol. The first-order valence-electron chi connectivity index (χ1n) is 5.35. The molecular weight excluding hydrogens is 236 g/mol. The minimum atomic E-state index is -0.248. The second-order valence-electron chi connectivity index (χ2n) is 4.51. The van der Waals surface area contributed by atoms with E-state index in [1.165, 1.54) is 0 Å². The number of hydrogen-bond acceptors (Lipinski definition) is 2. The van der Waals surface area contributed by atoms with Crippen molar-refractivity contribution < 1.29 is 4.79 Å². The van der Waals surface area contributed by atoms with E-state index in [4.69, 9.17) is 16.9 Å². The molecule has 0 atom stereocenters. The van der Waals surface area contributed by atoms with Crippen molar-refractivity contribution in [3.63, 3.8) is 0 Å². The van der Waals surface area contributed by atoms with E-state index >= 15 is 0 Å². The molecule has 1 N–H and O–H groups in total. The van der Waals surface area contributed by atoms with Crippen LogP contribution in [0.3, 0.4) is 0 Å². The summed E-state index contributed by atoms with van der Waals surface area (Å²) in [4.78, 5) is 11.2. The van der Waals surface area contributed by atoms with Gasteiger partial charge in [-0.05, 0) is 17.7 Å². The van der Waals surface area contributed by atoms with Crippen molar-refractivity contribution in [2.45, 2.75) is 25.7 Å². The molecule has 0 aliphatic carbocycles. The van der Waals surface area contributed by atoms with Gasteiger partial charge in [0.1, 0.15) is 6.42 Å². The van der Waals surface area contributed by atoms with Gasteiger partial charge in [0.25, 0.3) is 0 Å². The number of nitriles is 1. The van der Waals surface area contributed by atoms with E-state index in [0.29, 0.717) is 11.6 Å². The fraction of sp³-hybridized carbons (Fsp3) is 0.385. The Balaban J connectivity index is 2.69. The van der Waals surface area contributed by atoms with Crippen LogP contribution in [0.4, 0.5) is 0 Å².